The smallest absolute Gasteiger partial charge is 0.203 e. The van der Waals surface area contributed by atoms with E-state index in [1.54, 1.807) is 14.2 Å². The highest BCUT2D eigenvalue weighted by atomic mass is 16.5. The van der Waals surface area contributed by atoms with Crippen LogP contribution < -0.4 is 14.2 Å². The van der Waals surface area contributed by atoms with Gasteiger partial charge in [0.25, 0.3) is 0 Å². The molecule has 0 N–H and O–H groups in total. The lowest BCUT2D eigenvalue weighted by Crippen LogP contribution is -2.60. The van der Waals surface area contributed by atoms with E-state index in [4.69, 9.17) is 24.0 Å². The highest BCUT2D eigenvalue weighted by Crippen LogP contribution is 2.51. The predicted octanol–water partition coefficient (Wildman–Crippen LogP) is 4.53. The molecule has 1 spiro atoms. The largest absolute Gasteiger partial charge is 0.493 e. The number of ether oxygens (including phenoxy) is 4. The van der Waals surface area contributed by atoms with Crippen LogP contribution in [-0.2, 0) is 4.74 Å². The molecule has 2 unspecified atom stereocenters. The summed E-state index contributed by atoms with van der Waals surface area (Å²) in [4.78, 5) is 0. The molecule has 0 aliphatic carbocycles. The van der Waals surface area contributed by atoms with Gasteiger partial charge < -0.3 is 18.9 Å². The van der Waals surface area contributed by atoms with Gasteiger partial charge in [-0.05, 0) is 38.1 Å². The van der Waals surface area contributed by atoms with E-state index in [-0.39, 0.29) is 11.6 Å². The molecule has 30 heavy (non-hydrogen) atoms. The predicted molar refractivity (Wildman–Crippen MR) is 114 cm³/mol. The molecular formula is C24H28N2O4. The third-order valence-electron chi connectivity index (χ3n) is 6.31. The molecule has 5 rings (SSSR count). The fourth-order valence-corrected chi connectivity index (χ4v) is 4.99. The molecular weight excluding hydrogens is 380 g/mol. The molecule has 3 aliphatic rings. The number of fused-ring (bicyclic) bond motifs is 4. The molecule has 0 amide bonds. The lowest BCUT2D eigenvalue weighted by Gasteiger charge is -2.52. The minimum absolute atomic E-state index is 0.145. The Labute approximate surface area is 177 Å². The van der Waals surface area contributed by atoms with Crippen LogP contribution in [0.1, 0.15) is 50.3 Å². The minimum atomic E-state index is -0.501. The van der Waals surface area contributed by atoms with Crippen LogP contribution in [0.5, 0.6) is 17.2 Å². The summed E-state index contributed by atoms with van der Waals surface area (Å²) in [5, 5.41) is 7.33. The maximum absolute atomic E-state index is 6.67. The Kier molecular flexibility index (Phi) is 4.43. The number of benzene rings is 2. The van der Waals surface area contributed by atoms with Crippen LogP contribution in [0.25, 0.3) is 0 Å². The Hall–Kier alpha value is -2.73. The van der Waals surface area contributed by atoms with Crippen LogP contribution in [0.4, 0.5) is 0 Å². The van der Waals surface area contributed by atoms with Crippen molar-refractivity contribution in [3.8, 4) is 17.2 Å². The van der Waals surface area contributed by atoms with Crippen LogP contribution in [0.2, 0.25) is 0 Å². The van der Waals surface area contributed by atoms with Crippen molar-refractivity contribution in [3.63, 3.8) is 0 Å². The Morgan fingerprint density at radius 2 is 1.87 bits per heavy atom. The molecule has 6 nitrogen and oxygen atoms in total. The molecule has 158 valence electrons. The standard InChI is InChI=1S/C24H28N2O4/c1-23(2)15-24(11-12-29-23)26-19(17-7-5-6-8-20(17)30-24)14-18(25-26)16-9-10-21(27-3)22(13-16)28-4/h5-10,13,19H,11-12,14-15H2,1-4H3. The van der Waals surface area contributed by atoms with Gasteiger partial charge >= 0.3 is 0 Å². The number of hydrazone groups is 1. The van der Waals surface area contributed by atoms with E-state index < -0.39 is 5.72 Å². The van der Waals surface area contributed by atoms with E-state index in [2.05, 4.69) is 37.1 Å². The van der Waals surface area contributed by atoms with E-state index in [1.807, 2.05) is 24.3 Å². The van der Waals surface area contributed by atoms with Crippen LogP contribution in [0, 0.1) is 0 Å². The first-order valence-corrected chi connectivity index (χ1v) is 10.5. The van der Waals surface area contributed by atoms with Crippen molar-refractivity contribution in [2.75, 3.05) is 20.8 Å². The molecule has 3 aliphatic heterocycles. The molecule has 0 saturated carbocycles. The number of hydrogen-bond acceptors (Lipinski definition) is 6. The van der Waals surface area contributed by atoms with Crippen molar-refractivity contribution in [1.82, 2.24) is 5.01 Å². The first-order valence-electron chi connectivity index (χ1n) is 10.5. The van der Waals surface area contributed by atoms with Crippen LogP contribution in [0.3, 0.4) is 0 Å². The Morgan fingerprint density at radius 1 is 1.07 bits per heavy atom. The van der Waals surface area contributed by atoms with Gasteiger partial charge in [0, 0.05) is 30.4 Å². The van der Waals surface area contributed by atoms with Gasteiger partial charge in [-0.1, -0.05) is 18.2 Å². The van der Waals surface area contributed by atoms with Gasteiger partial charge in [0.15, 0.2) is 11.5 Å². The average molecular weight is 408 g/mol. The lowest BCUT2D eigenvalue weighted by molar-refractivity contribution is -0.212. The van der Waals surface area contributed by atoms with Crippen molar-refractivity contribution in [2.24, 2.45) is 5.10 Å². The zero-order valence-corrected chi connectivity index (χ0v) is 18.0. The topological polar surface area (TPSA) is 52.5 Å². The second kappa shape index (κ2) is 6.91. The van der Waals surface area contributed by atoms with Gasteiger partial charge in [-0.2, -0.15) is 5.10 Å². The molecule has 2 aromatic carbocycles. The number of methoxy groups -OCH3 is 2. The molecule has 6 heteroatoms. The maximum Gasteiger partial charge on any atom is 0.203 e. The second-order valence-electron chi connectivity index (χ2n) is 8.80. The summed E-state index contributed by atoms with van der Waals surface area (Å²) in [6.07, 6.45) is 2.36. The SMILES string of the molecule is COc1ccc(C2=NN3C(C2)c2ccccc2OC32CCOC(C)(C)C2)cc1OC. The van der Waals surface area contributed by atoms with E-state index in [0.717, 1.165) is 36.3 Å². The number of hydrogen-bond donors (Lipinski definition) is 0. The first-order chi connectivity index (χ1) is 14.4. The Morgan fingerprint density at radius 3 is 2.63 bits per heavy atom. The summed E-state index contributed by atoms with van der Waals surface area (Å²) >= 11 is 0. The number of nitrogens with zero attached hydrogens (tertiary/aromatic N) is 2. The van der Waals surface area contributed by atoms with E-state index in [0.29, 0.717) is 18.1 Å². The first kappa shape index (κ1) is 19.2. The number of rotatable bonds is 3. The highest BCUT2D eigenvalue weighted by Gasteiger charge is 2.54. The maximum atomic E-state index is 6.67. The minimum Gasteiger partial charge on any atom is -0.493 e. The zero-order chi connectivity index (χ0) is 20.9. The summed E-state index contributed by atoms with van der Waals surface area (Å²) in [5.41, 5.74) is 2.49. The fraction of sp³-hybridized carbons (Fsp3) is 0.458. The summed E-state index contributed by atoms with van der Waals surface area (Å²) in [6.45, 7) is 4.91. The van der Waals surface area contributed by atoms with Gasteiger partial charge in [0.1, 0.15) is 5.75 Å². The lowest BCUT2D eigenvalue weighted by atomic mass is 9.86. The van der Waals surface area contributed by atoms with Gasteiger partial charge in [-0.15, -0.1) is 0 Å². The van der Waals surface area contributed by atoms with Gasteiger partial charge in [0.2, 0.25) is 5.72 Å². The van der Waals surface area contributed by atoms with Crippen LogP contribution in [-0.4, -0.2) is 42.9 Å². The summed E-state index contributed by atoms with van der Waals surface area (Å²) < 4.78 is 23.6. The molecule has 1 fully saturated rings. The van der Waals surface area contributed by atoms with Crippen molar-refractivity contribution < 1.29 is 18.9 Å². The Balaban J connectivity index is 1.58. The summed E-state index contributed by atoms with van der Waals surface area (Å²) in [7, 11) is 3.31. The van der Waals surface area contributed by atoms with Gasteiger partial charge in [0.05, 0.1) is 38.2 Å². The summed E-state index contributed by atoms with van der Waals surface area (Å²) in [5.74, 6) is 2.38. The highest BCUT2D eigenvalue weighted by molar-refractivity contribution is 6.02. The molecule has 3 heterocycles. The molecule has 0 radical (unpaired) electrons. The molecule has 2 atom stereocenters. The zero-order valence-electron chi connectivity index (χ0n) is 18.0. The van der Waals surface area contributed by atoms with E-state index in [9.17, 15) is 0 Å². The quantitative estimate of drug-likeness (QED) is 0.747. The van der Waals surface area contributed by atoms with Crippen molar-refractivity contribution >= 4 is 5.71 Å². The molecule has 2 aromatic rings. The van der Waals surface area contributed by atoms with Crippen LogP contribution in [0.15, 0.2) is 47.6 Å². The van der Waals surface area contributed by atoms with E-state index in [1.165, 1.54) is 5.56 Å². The molecule has 0 bridgehead atoms. The normalized spacial score (nSPS) is 26.5. The Bertz CT molecular complexity index is 1000. The number of para-hydroxylation sites is 1. The molecule has 1 saturated heterocycles. The van der Waals surface area contributed by atoms with Crippen molar-refractivity contribution in [1.29, 1.82) is 0 Å². The van der Waals surface area contributed by atoms with Crippen LogP contribution >= 0.6 is 0 Å². The molecule has 0 aromatic heterocycles. The summed E-state index contributed by atoms with van der Waals surface area (Å²) in [6, 6.07) is 14.5. The second-order valence-corrected chi connectivity index (χ2v) is 8.80. The van der Waals surface area contributed by atoms with Gasteiger partial charge in [-0.3, -0.25) is 0 Å². The van der Waals surface area contributed by atoms with E-state index >= 15 is 0 Å². The van der Waals surface area contributed by atoms with Gasteiger partial charge in [-0.25, -0.2) is 5.01 Å². The average Bonchev–Trinajstić information content (AvgIpc) is 3.19. The third kappa shape index (κ3) is 3.01. The van der Waals surface area contributed by atoms with Crippen molar-refractivity contribution in [2.45, 2.75) is 50.5 Å². The van der Waals surface area contributed by atoms with Crippen molar-refractivity contribution in [3.05, 3.63) is 53.6 Å². The third-order valence-corrected chi connectivity index (χ3v) is 6.31. The fourth-order valence-electron chi connectivity index (χ4n) is 4.99. The monoisotopic (exact) mass is 408 g/mol.